The van der Waals surface area contributed by atoms with Crippen molar-refractivity contribution in [3.63, 3.8) is 0 Å². The largest absolute Gasteiger partial charge is 0.497 e. The summed E-state index contributed by atoms with van der Waals surface area (Å²) in [6.45, 7) is 0. The molecule has 0 bridgehead atoms. The van der Waals surface area contributed by atoms with Crippen molar-refractivity contribution in [3.8, 4) is 16.9 Å². The average Bonchev–Trinajstić information content (AvgIpc) is 3.10. The SMILES string of the molecule is COc1ccc(-c2coc3cc4oc(=O)c5ccccc5c4cc23)cc1. The highest BCUT2D eigenvalue weighted by atomic mass is 16.5. The van der Waals surface area contributed by atoms with Crippen LogP contribution in [0.15, 0.2) is 80.6 Å². The van der Waals surface area contributed by atoms with E-state index in [1.165, 1.54) is 0 Å². The van der Waals surface area contributed by atoms with E-state index >= 15 is 0 Å². The van der Waals surface area contributed by atoms with Crippen LogP contribution in [0, 0.1) is 0 Å². The molecule has 0 aliphatic rings. The zero-order valence-electron chi connectivity index (χ0n) is 14.0. The van der Waals surface area contributed by atoms with Gasteiger partial charge in [-0.25, -0.2) is 4.79 Å². The van der Waals surface area contributed by atoms with Crippen molar-refractivity contribution in [3.05, 3.63) is 77.3 Å². The molecule has 0 radical (unpaired) electrons. The molecular weight excluding hydrogens is 328 g/mol. The number of hydrogen-bond acceptors (Lipinski definition) is 4. The zero-order valence-corrected chi connectivity index (χ0v) is 14.0. The van der Waals surface area contributed by atoms with Crippen LogP contribution in [0.1, 0.15) is 0 Å². The molecule has 0 aliphatic heterocycles. The van der Waals surface area contributed by atoms with Gasteiger partial charge in [0.1, 0.15) is 16.9 Å². The van der Waals surface area contributed by atoms with Gasteiger partial charge in [0.25, 0.3) is 0 Å². The minimum absolute atomic E-state index is 0.339. The molecule has 0 saturated heterocycles. The topological polar surface area (TPSA) is 52.6 Å². The summed E-state index contributed by atoms with van der Waals surface area (Å²) < 4.78 is 16.4. The standard InChI is InChI=1S/C22H14O4/c1-24-14-8-6-13(7-9-14)19-12-25-20-11-21-17(10-18(19)20)15-4-2-3-5-16(15)22(23)26-21/h2-12H,1H3. The monoisotopic (exact) mass is 342 g/mol. The van der Waals surface area contributed by atoms with Gasteiger partial charge < -0.3 is 13.6 Å². The molecule has 3 aromatic carbocycles. The number of ether oxygens (including phenoxy) is 1. The molecule has 2 heterocycles. The number of methoxy groups -OCH3 is 1. The van der Waals surface area contributed by atoms with E-state index < -0.39 is 0 Å². The molecule has 0 spiro atoms. The Bertz CT molecular complexity index is 1320. The summed E-state index contributed by atoms with van der Waals surface area (Å²) in [5.41, 5.74) is 2.89. The van der Waals surface area contributed by atoms with Gasteiger partial charge in [-0.15, -0.1) is 0 Å². The van der Waals surface area contributed by atoms with Crippen molar-refractivity contribution >= 4 is 32.7 Å². The van der Waals surface area contributed by atoms with E-state index in [-0.39, 0.29) is 5.63 Å². The van der Waals surface area contributed by atoms with Crippen LogP contribution in [-0.2, 0) is 0 Å². The molecule has 5 rings (SSSR count). The van der Waals surface area contributed by atoms with Crippen LogP contribution < -0.4 is 10.4 Å². The minimum atomic E-state index is -0.339. The smallest absolute Gasteiger partial charge is 0.344 e. The van der Waals surface area contributed by atoms with E-state index in [1.54, 1.807) is 25.5 Å². The Morgan fingerprint density at radius 1 is 0.808 bits per heavy atom. The average molecular weight is 342 g/mol. The maximum Gasteiger partial charge on any atom is 0.344 e. The quantitative estimate of drug-likeness (QED) is 0.320. The number of fused-ring (bicyclic) bond motifs is 4. The van der Waals surface area contributed by atoms with Gasteiger partial charge in [-0.2, -0.15) is 0 Å². The molecule has 5 aromatic rings. The van der Waals surface area contributed by atoms with Gasteiger partial charge in [0.05, 0.1) is 18.8 Å². The molecule has 0 saturated carbocycles. The van der Waals surface area contributed by atoms with Crippen molar-refractivity contribution < 1.29 is 13.6 Å². The second-order valence-electron chi connectivity index (χ2n) is 6.16. The van der Waals surface area contributed by atoms with Crippen molar-refractivity contribution in [2.75, 3.05) is 7.11 Å². The molecule has 0 unspecified atom stereocenters. The predicted octanol–water partition coefficient (Wildman–Crippen LogP) is 5.37. The van der Waals surface area contributed by atoms with Crippen LogP contribution in [0.3, 0.4) is 0 Å². The number of hydrogen-bond donors (Lipinski definition) is 0. The molecule has 4 heteroatoms. The number of benzene rings is 3. The Balaban J connectivity index is 1.83. The summed E-state index contributed by atoms with van der Waals surface area (Å²) in [7, 11) is 1.65. The van der Waals surface area contributed by atoms with Crippen molar-refractivity contribution in [2.45, 2.75) is 0 Å². The lowest BCUT2D eigenvalue weighted by molar-refractivity contribution is 0.415. The van der Waals surface area contributed by atoms with Crippen molar-refractivity contribution in [1.29, 1.82) is 0 Å². The lowest BCUT2D eigenvalue weighted by Gasteiger charge is -2.04. The summed E-state index contributed by atoms with van der Waals surface area (Å²) >= 11 is 0. The minimum Gasteiger partial charge on any atom is -0.497 e. The number of furan rings is 1. The van der Waals surface area contributed by atoms with Gasteiger partial charge in [0.15, 0.2) is 0 Å². The first-order valence-corrected chi connectivity index (χ1v) is 8.26. The molecule has 0 aliphatic carbocycles. The highest BCUT2D eigenvalue weighted by Crippen LogP contribution is 2.35. The molecule has 126 valence electrons. The Labute approximate surface area is 148 Å². The van der Waals surface area contributed by atoms with Crippen LogP contribution in [0.5, 0.6) is 5.75 Å². The van der Waals surface area contributed by atoms with Gasteiger partial charge in [-0.1, -0.05) is 30.3 Å². The van der Waals surface area contributed by atoms with E-state index in [0.717, 1.165) is 33.0 Å². The van der Waals surface area contributed by atoms with Crippen LogP contribution in [0.4, 0.5) is 0 Å². The van der Waals surface area contributed by atoms with Crippen molar-refractivity contribution in [1.82, 2.24) is 0 Å². The number of rotatable bonds is 2. The van der Waals surface area contributed by atoms with Crippen molar-refractivity contribution in [2.24, 2.45) is 0 Å². The van der Waals surface area contributed by atoms with E-state index in [2.05, 4.69) is 0 Å². The van der Waals surface area contributed by atoms with E-state index in [1.807, 2.05) is 48.5 Å². The third-order valence-electron chi connectivity index (χ3n) is 4.72. The maximum absolute atomic E-state index is 12.2. The first kappa shape index (κ1) is 14.8. The second kappa shape index (κ2) is 5.49. The maximum atomic E-state index is 12.2. The summed E-state index contributed by atoms with van der Waals surface area (Å²) in [5.74, 6) is 0.805. The molecular formula is C22H14O4. The van der Waals surface area contributed by atoms with Crippen LogP contribution in [-0.4, -0.2) is 7.11 Å². The Kier molecular flexibility index (Phi) is 3.12. The first-order chi connectivity index (χ1) is 12.7. The lowest BCUT2D eigenvalue weighted by atomic mass is 10.0. The summed E-state index contributed by atoms with van der Waals surface area (Å²) in [4.78, 5) is 12.2. The van der Waals surface area contributed by atoms with Gasteiger partial charge in [0.2, 0.25) is 0 Å². The summed E-state index contributed by atoms with van der Waals surface area (Å²) in [6.07, 6.45) is 1.73. The molecule has 2 aromatic heterocycles. The van der Waals surface area contributed by atoms with Crippen LogP contribution in [0.2, 0.25) is 0 Å². The zero-order chi connectivity index (χ0) is 17.7. The highest BCUT2D eigenvalue weighted by molar-refractivity contribution is 6.10. The molecule has 26 heavy (non-hydrogen) atoms. The van der Waals surface area contributed by atoms with Crippen LogP contribution in [0.25, 0.3) is 43.8 Å². The fourth-order valence-corrected chi connectivity index (χ4v) is 3.39. The third kappa shape index (κ3) is 2.12. The van der Waals surface area contributed by atoms with Crippen LogP contribution >= 0.6 is 0 Å². The molecule has 0 N–H and O–H groups in total. The second-order valence-corrected chi connectivity index (χ2v) is 6.16. The third-order valence-corrected chi connectivity index (χ3v) is 4.72. The van der Waals surface area contributed by atoms with E-state index in [9.17, 15) is 4.79 Å². The fourth-order valence-electron chi connectivity index (χ4n) is 3.39. The van der Waals surface area contributed by atoms with Gasteiger partial charge in [-0.3, -0.25) is 0 Å². The van der Waals surface area contributed by atoms with Gasteiger partial charge in [0, 0.05) is 22.4 Å². The predicted molar refractivity (Wildman–Crippen MR) is 102 cm³/mol. The summed E-state index contributed by atoms with van der Waals surface area (Å²) in [5, 5.41) is 3.32. The van der Waals surface area contributed by atoms with E-state index in [4.69, 9.17) is 13.6 Å². The fraction of sp³-hybridized carbons (Fsp3) is 0.0455. The molecule has 4 nitrogen and oxygen atoms in total. The highest BCUT2D eigenvalue weighted by Gasteiger charge is 2.13. The summed E-state index contributed by atoms with van der Waals surface area (Å²) in [6, 6.07) is 19.1. The van der Waals surface area contributed by atoms with Gasteiger partial charge in [-0.05, 0) is 35.2 Å². The van der Waals surface area contributed by atoms with E-state index in [0.29, 0.717) is 16.6 Å². The molecule has 0 atom stereocenters. The molecule has 0 fully saturated rings. The normalized spacial score (nSPS) is 11.4. The first-order valence-electron chi connectivity index (χ1n) is 8.26. The lowest BCUT2D eigenvalue weighted by Crippen LogP contribution is -1.99. The Morgan fingerprint density at radius 2 is 1.58 bits per heavy atom. The molecule has 0 amide bonds. The Hall–Kier alpha value is -3.53. The van der Waals surface area contributed by atoms with Gasteiger partial charge >= 0.3 is 5.63 Å². The Morgan fingerprint density at radius 3 is 2.35 bits per heavy atom.